The third-order valence-electron chi connectivity index (χ3n) is 4.97. The Morgan fingerprint density at radius 3 is 2.75 bits per heavy atom. The lowest BCUT2D eigenvalue weighted by Crippen LogP contribution is -2.49. The van der Waals surface area contributed by atoms with Gasteiger partial charge in [0.05, 0.1) is 11.0 Å². The number of hydrogen-bond donors (Lipinski definition) is 2. The predicted octanol–water partition coefficient (Wildman–Crippen LogP) is 3.48. The van der Waals surface area contributed by atoms with Gasteiger partial charge in [0.1, 0.15) is 0 Å². The number of benzene rings is 1. The minimum Gasteiger partial charge on any atom is -0.324 e. The minimum absolute atomic E-state index is 0.215. The Morgan fingerprint density at radius 1 is 1.38 bits per heavy atom. The van der Waals surface area contributed by atoms with E-state index < -0.39 is 22.5 Å². The van der Waals surface area contributed by atoms with Crippen LogP contribution in [0.5, 0.6) is 0 Å². The average Bonchev–Trinajstić information content (AvgIpc) is 2.53. The molecule has 0 aliphatic heterocycles. The molecule has 0 aromatic heterocycles. The van der Waals surface area contributed by atoms with Crippen molar-refractivity contribution in [2.45, 2.75) is 52.1 Å². The molecule has 1 aliphatic rings. The molecule has 0 radical (unpaired) electrons. The van der Waals surface area contributed by atoms with Crippen LogP contribution in [-0.2, 0) is 4.79 Å². The maximum atomic E-state index is 13.3. The summed E-state index contributed by atoms with van der Waals surface area (Å²) in [6.45, 7) is 6.18. The van der Waals surface area contributed by atoms with Crippen LogP contribution < -0.4 is 10.6 Å². The standard InChI is InChI=1S/C17H24FN3O3/c1-10-5-4-6-15(11(10)2)19-12(3)17(22)20-13-7-8-14(18)16(9-13)21(23)24/h7-12,15,19H,4-6H2,1-3H3,(H,20,22)/t10-,11-,12+,15+/m1/s1. The minimum atomic E-state index is -0.922. The number of halogens is 1. The quantitative estimate of drug-likeness (QED) is 0.636. The molecule has 132 valence electrons. The highest BCUT2D eigenvalue weighted by Gasteiger charge is 2.29. The fourth-order valence-electron chi connectivity index (χ4n) is 3.19. The molecular weight excluding hydrogens is 313 g/mol. The van der Waals surface area contributed by atoms with Crippen molar-refractivity contribution in [3.05, 3.63) is 34.1 Å². The van der Waals surface area contributed by atoms with Crippen LogP contribution in [-0.4, -0.2) is 22.9 Å². The fourth-order valence-corrected chi connectivity index (χ4v) is 3.19. The van der Waals surface area contributed by atoms with Crippen molar-refractivity contribution in [2.24, 2.45) is 11.8 Å². The van der Waals surface area contributed by atoms with E-state index in [0.717, 1.165) is 25.0 Å². The topological polar surface area (TPSA) is 84.3 Å². The third kappa shape index (κ3) is 4.29. The number of nitro benzene ring substituents is 1. The van der Waals surface area contributed by atoms with Crippen molar-refractivity contribution in [2.75, 3.05) is 5.32 Å². The van der Waals surface area contributed by atoms with Gasteiger partial charge in [-0.15, -0.1) is 0 Å². The van der Waals surface area contributed by atoms with Crippen molar-refractivity contribution in [1.82, 2.24) is 5.32 Å². The summed E-state index contributed by atoms with van der Waals surface area (Å²) in [7, 11) is 0. The fraction of sp³-hybridized carbons (Fsp3) is 0.588. The molecule has 1 fully saturated rings. The summed E-state index contributed by atoms with van der Waals surface area (Å²) in [6.07, 6.45) is 3.38. The third-order valence-corrected chi connectivity index (χ3v) is 4.97. The molecule has 1 aromatic rings. The molecule has 4 atom stereocenters. The van der Waals surface area contributed by atoms with E-state index in [1.54, 1.807) is 6.92 Å². The van der Waals surface area contributed by atoms with Crippen molar-refractivity contribution in [3.63, 3.8) is 0 Å². The van der Waals surface area contributed by atoms with Crippen molar-refractivity contribution in [3.8, 4) is 0 Å². The lowest BCUT2D eigenvalue weighted by molar-refractivity contribution is -0.387. The zero-order chi connectivity index (χ0) is 17.9. The lowest BCUT2D eigenvalue weighted by atomic mass is 9.78. The van der Waals surface area contributed by atoms with Crippen LogP contribution in [0.3, 0.4) is 0 Å². The van der Waals surface area contributed by atoms with Gasteiger partial charge in [-0.05, 0) is 37.3 Å². The molecular formula is C17H24FN3O3. The van der Waals surface area contributed by atoms with Gasteiger partial charge < -0.3 is 10.6 Å². The number of hydrogen-bond acceptors (Lipinski definition) is 4. The number of carbonyl (C=O) groups excluding carboxylic acids is 1. The van der Waals surface area contributed by atoms with E-state index >= 15 is 0 Å². The SMILES string of the molecule is C[C@@H]1[C@H](C)CCC[C@@H]1N[C@@H](C)C(=O)Nc1ccc(F)c([N+](=O)[O-])c1. The molecule has 1 saturated carbocycles. The first-order chi connectivity index (χ1) is 11.3. The van der Waals surface area contributed by atoms with Gasteiger partial charge >= 0.3 is 5.69 Å². The summed E-state index contributed by atoms with van der Waals surface area (Å²) in [5, 5.41) is 16.7. The van der Waals surface area contributed by atoms with E-state index in [0.29, 0.717) is 11.8 Å². The molecule has 2 rings (SSSR count). The number of rotatable bonds is 5. The summed E-state index contributed by atoms with van der Waals surface area (Å²) >= 11 is 0. The van der Waals surface area contributed by atoms with Gasteiger partial charge in [0, 0.05) is 17.8 Å². The number of nitro groups is 1. The number of nitrogens with zero attached hydrogens (tertiary/aromatic N) is 1. The number of carbonyl (C=O) groups is 1. The highest BCUT2D eigenvalue weighted by atomic mass is 19.1. The van der Waals surface area contributed by atoms with Gasteiger partial charge in [0.15, 0.2) is 0 Å². The number of amides is 1. The Kier molecular flexibility index (Phi) is 5.88. The maximum absolute atomic E-state index is 13.3. The Hall–Kier alpha value is -2.02. The van der Waals surface area contributed by atoms with Gasteiger partial charge in [-0.25, -0.2) is 0 Å². The molecule has 0 saturated heterocycles. The zero-order valence-electron chi connectivity index (χ0n) is 14.2. The number of anilines is 1. The number of nitrogens with one attached hydrogen (secondary N) is 2. The first kappa shape index (κ1) is 18.3. The van der Waals surface area contributed by atoms with E-state index in [1.807, 2.05) is 0 Å². The molecule has 0 heterocycles. The highest BCUT2D eigenvalue weighted by molar-refractivity contribution is 5.94. The molecule has 7 heteroatoms. The molecule has 1 aliphatic carbocycles. The first-order valence-electron chi connectivity index (χ1n) is 8.30. The molecule has 2 N–H and O–H groups in total. The van der Waals surface area contributed by atoms with Gasteiger partial charge in [-0.1, -0.05) is 26.7 Å². The predicted molar refractivity (Wildman–Crippen MR) is 90.2 cm³/mol. The van der Waals surface area contributed by atoms with Crippen molar-refractivity contribution >= 4 is 17.3 Å². The monoisotopic (exact) mass is 337 g/mol. The van der Waals surface area contributed by atoms with Crippen LogP contribution in [0.15, 0.2) is 18.2 Å². The molecule has 0 bridgehead atoms. The van der Waals surface area contributed by atoms with E-state index in [2.05, 4.69) is 24.5 Å². The average molecular weight is 337 g/mol. The molecule has 24 heavy (non-hydrogen) atoms. The molecule has 6 nitrogen and oxygen atoms in total. The largest absolute Gasteiger partial charge is 0.324 e. The Labute approximate surface area is 141 Å². The molecule has 0 spiro atoms. The summed E-state index contributed by atoms with van der Waals surface area (Å²) in [4.78, 5) is 22.3. The second-order valence-corrected chi connectivity index (χ2v) is 6.67. The summed E-state index contributed by atoms with van der Waals surface area (Å²) in [5.74, 6) is -0.109. The Morgan fingerprint density at radius 2 is 2.08 bits per heavy atom. The normalized spacial score (nSPS) is 25.1. The van der Waals surface area contributed by atoms with E-state index in [4.69, 9.17) is 0 Å². The maximum Gasteiger partial charge on any atom is 0.306 e. The van der Waals surface area contributed by atoms with Gasteiger partial charge in [-0.2, -0.15) is 4.39 Å². The van der Waals surface area contributed by atoms with Gasteiger partial charge in [-0.3, -0.25) is 14.9 Å². The van der Waals surface area contributed by atoms with Crippen LogP contribution in [0.2, 0.25) is 0 Å². The van der Waals surface area contributed by atoms with Gasteiger partial charge in [0.2, 0.25) is 11.7 Å². The highest BCUT2D eigenvalue weighted by Crippen LogP contribution is 2.29. The summed E-state index contributed by atoms with van der Waals surface area (Å²) in [5.41, 5.74) is -0.435. The second kappa shape index (κ2) is 7.70. The Balaban J connectivity index is 1.99. The summed E-state index contributed by atoms with van der Waals surface area (Å²) < 4.78 is 13.3. The molecule has 0 unspecified atom stereocenters. The van der Waals surface area contributed by atoms with Crippen LogP contribution in [0.1, 0.15) is 40.0 Å². The van der Waals surface area contributed by atoms with Crippen molar-refractivity contribution in [1.29, 1.82) is 0 Å². The van der Waals surface area contributed by atoms with Crippen LogP contribution in [0.4, 0.5) is 15.8 Å². The van der Waals surface area contributed by atoms with E-state index in [9.17, 15) is 19.3 Å². The Bertz CT molecular complexity index is 623. The van der Waals surface area contributed by atoms with E-state index in [1.165, 1.54) is 12.5 Å². The lowest BCUT2D eigenvalue weighted by Gasteiger charge is -2.36. The summed E-state index contributed by atoms with van der Waals surface area (Å²) in [6, 6.07) is 3.17. The van der Waals surface area contributed by atoms with Crippen LogP contribution in [0, 0.1) is 27.8 Å². The zero-order valence-corrected chi connectivity index (χ0v) is 14.2. The van der Waals surface area contributed by atoms with Gasteiger partial charge in [0.25, 0.3) is 0 Å². The van der Waals surface area contributed by atoms with Crippen molar-refractivity contribution < 1.29 is 14.1 Å². The van der Waals surface area contributed by atoms with E-state index in [-0.39, 0.29) is 17.6 Å². The molecule has 1 aromatic carbocycles. The molecule has 1 amide bonds. The smallest absolute Gasteiger partial charge is 0.306 e. The first-order valence-corrected chi connectivity index (χ1v) is 8.30. The van der Waals surface area contributed by atoms with Crippen LogP contribution >= 0.6 is 0 Å². The second-order valence-electron chi connectivity index (χ2n) is 6.67. The van der Waals surface area contributed by atoms with Crippen LogP contribution in [0.25, 0.3) is 0 Å².